The molecule has 1 atom stereocenters. The molecule has 1 aliphatic heterocycles. The molecule has 1 N–H and O–H groups in total. The van der Waals surface area contributed by atoms with Crippen LogP contribution in [0.4, 0.5) is 14.5 Å². The van der Waals surface area contributed by atoms with Crippen LogP contribution in [0, 0.1) is 11.6 Å². The lowest BCUT2D eigenvalue weighted by atomic mass is 9.98. The van der Waals surface area contributed by atoms with Gasteiger partial charge < -0.3 is 14.4 Å². The number of anilines is 1. The average Bonchev–Trinajstić information content (AvgIpc) is 3.61. The van der Waals surface area contributed by atoms with E-state index in [9.17, 15) is 18.4 Å². The molecule has 11 heteroatoms. The van der Waals surface area contributed by atoms with Gasteiger partial charge in [-0.05, 0) is 58.7 Å². The van der Waals surface area contributed by atoms with Crippen molar-refractivity contribution in [1.82, 2.24) is 24.6 Å². The summed E-state index contributed by atoms with van der Waals surface area (Å²) in [4.78, 5) is 35.2. The van der Waals surface area contributed by atoms with Crippen LogP contribution in [0.1, 0.15) is 29.5 Å². The Balaban J connectivity index is 1.15. The molecule has 0 radical (unpaired) electrons. The number of nitrogens with one attached hydrogen (secondary N) is 1. The SMILES string of the molecule is CC(c1cn[nH]c1)c1cn(CC(=O)N2CCN(c3ccc(-c4ccc(F)cc4)cc3)CC2)c(SCc2ccc(F)cc2)nc1=O. The summed E-state index contributed by atoms with van der Waals surface area (Å²) < 4.78 is 28.5. The first kappa shape index (κ1) is 30.3. The van der Waals surface area contributed by atoms with Crippen molar-refractivity contribution >= 4 is 23.4 Å². The summed E-state index contributed by atoms with van der Waals surface area (Å²) in [7, 11) is 0. The number of amides is 1. The molecule has 3 aromatic carbocycles. The number of piperazine rings is 1. The largest absolute Gasteiger partial charge is 0.368 e. The number of halogens is 2. The second-order valence-corrected chi connectivity index (χ2v) is 11.9. The van der Waals surface area contributed by atoms with Gasteiger partial charge in [-0.1, -0.05) is 55.1 Å². The number of carbonyl (C=O) groups is 1. The molecule has 8 nitrogen and oxygen atoms in total. The van der Waals surface area contributed by atoms with E-state index >= 15 is 0 Å². The van der Waals surface area contributed by atoms with Crippen molar-refractivity contribution in [2.45, 2.75) is 30.3 Å². The summed E-state index contributed by atoms with van der Waals surface area (Å²) in [5.41, 5.74) is 4.88. The van der Waals surface area contributed by atoms with Gasteiger partial charge in [0.2, 0.25) is 5.91 Å². The Bertz CT molecular complexity index is 1800. The van der Waals surface area contributed by atoms with Gasteiger partial charge >= 0.3 is 0 Å². The molecule has 0 aliphatic carbocycles. The minimum Gasteiger partial charge on any atom is -0.368 e. The van der Waals surface area contributed by atoms with Crippen LogP contribution in [0.3, 0.4) is 0 Å². The van der Waals surface area contributed by atoms with Crippen molar-refractivity contribution in [1.29, 1.82) is 0 Å². The van der Waals surface area contributed by atoms with Gasteiger partial charge in [-0.15, -0.1) is 0 Å². The third-order valence-corrected chi connectivity index (χ3v) is 9.16. The molecule has 0 saturated carbocycles. The van der Waals surface area contributed by atoms with Gasteiger partial charge in [0.15, 0.2) is 5.16 Å². The van der Waals surface area contributed by atoms with Gasteiger partial charge in [0, 0.05) is 61.5 Å². The summed E-state index contributed by atoms with van der Waals surface area (Å²) in [5.74, 6) is -0.430. The van der Waals surface area contributed by atoms with Crippen LogP contribution >= 0.6 is 11.8 Å². The highest BCUT2D eigenvalue weighted by molar-refractivity contribution is 7.98. The molecule has 3 heterocycles. The highest BCUT2D eigenvalue weighted by Crippen LogP contribution is 2.26. The van der Waals surface area contributed by atoms with Crippen molar-refractivity contribution in [3.8, 4) is 11.1 Å². The maximum absolute atomic E-state index is 13.6. The fraction of sp³-hybridized carbons (Fsp3) is 0.235. The summed E-state index contributed by atoms with van der Waals surface area (Å²) in [6.45, 7) is 4.42. The normalized spacial score (nSPS) is 14.0. The number of rotatable bonds is 9. The number of hydrogen-bond donors (Lipinski definition) is 1. The van der Waals surface area contributed by atoms with E-state index in [2.05, 4.69) is 32.2 Å². The van der Waals surface area contributed by atoms with Crippen molar-refractivity contribution in [2.75, 3.05) is 31.1 Å². The second-order valence-electron chi connectivity index (χ2n) is 11.0. The molecular weight excluding hydrogens is 594 g/mol. The third-order valence-electron chi connectivity index (χ3n) is 8.10. The van der Waals surface area contributed by atoms with Crippen LogP contribution < -0.4 is 10.5 Å². The first-order valence-electron chi connectivity index (χ1n) is 14.7. The maximum atomic E-state index is 13.6. The Labute approximate surface area is 263 Å². The molecule has 1 amide bonds. The number of aromatic nitrogens is 4. The van der Waals surface area contributed by atoms with E-state index in [1.54, 1.807) is 47.4 Å². The highest BCUT2D eigenvalue weighted by atomic mass is 32.2. The summed E-state index contributed by atoms with van der Waals surface area (Å²) in [6.07, 6.45) is 5.15. The van der Waals surface area contributed by atoms with E-state index < -0.39 is 0 Å². The van der Waals surface area contributed by atoms with Crippen LogP contribution in [0.15, 0.2) is 101 Å². The molecule has 1 unspecified atom stereocenters. The van der Waals surface area contributed by atoms with Crippen LogP contribution in [-0.2, 0) is 17.1 Å². The third kappa shape index (κ3) is 7.15. The van der Waals surface area contributed by atoms with E-state index in [-0.39, 0.29) is 35.6 Å². The van der Waals surface area contributed by atoms with E-state index in [1.165, 1.54) is 36.0 Å². The number of nitrogens with zero attached hydrogens (tertiary/aromatic N) is 5. The van der Waals surface area contributed by atoms with E-state index in [0.29, 0.717) is 42.7 Å². The number of carbonyl (C=O) groups excluding carboxylic acids is 1. The van der Waals surface area contributed by atoms with E-state index in [0.717, 1.165) is 27.9 Å². The number of thioether (sulfide) groups is 1. The fourth-order valence-electron chi connectivity index (χ4n) is 5.39. The number of hydrogen-bond acceptors (Lipinski definition) is 6. The fourth-order valence-corrected chi connectivity index (χ4v) is 6.31. The molecule has 2 aromatic heterocycles. The first-order chi connectivity index (χ1) is 21.8. The van der Waals surface area contributed by atoms with Crippen molar-refractivity contribution < 1.29 is 13.6 Å². The number of aromatic amines is 1. The van der Waals surface area contributed by atoms with Gasteiger partial charge in [-0.2, -0.15) is 10.1 Å². The molecule has 0 bridgehead atoms. The minimum atomic E-state index is -0.354. The lowest BCUT2D eigenvalue weighted by molar-refractivity contribution is -0.132. The van der Waals surface area contributed by atoms with Gasteiger partial charge in [0.1, 0.15) is 18.2 Å². The summed E-state index contributed by atoms with van der Waals surface area (Å²) in [5, 5.41) is 7.22. The van der Waals surface area contributed by atoms with Crippen molar-refractivity contribution in [3.63, 3.8) is 0 Å². The predicted octanol–water partition coefficient (Wildman–Crippen LogP) is 5.70. The van der Waals surface area contributed by atoms with E-state index in [1.807, 2.05) is 24.0 Å². The Hall–Kier alpha value is -4.77. The summed E-state index contributed by atoms with van der Waals surface area (Å²) in [6, 6.07) is 20.8. The summed E-state index contributed by atoms with van der Waals surface area (Å²) >= 11 is 1.34. The quantitative estimate of drug-likeness (QED) is 0.167. The zero-order valence-electron chi connectivity index (χ0n) is 24.7. The number of benzene rings is 3. The van der Waals surface area contributed by atoms with E-state index in [4.69, 9.17) is 0 Å². The molecule has 1 aliphatic rings. The van der Waals surface area contributed by atoms with Gasteiger partial charge in [0.05, 0.1) is 6.20 Å². The van der Waals surface area contributed by atoms with Crippen LogP contribution in [0.25, 0.3) is 11.1 Å². The Morgan fingerprint density at radius 3 is 2.16 bits per heavy atom. The van der Waals surface area contributed by atoms with Crippen LogP contribution in [0.2, 0.25) is 0 Å². The zero-order chi connectivity index (χ0) is 31.3. The number of H-pyrrole nitrogens is 1. The molecule has 0 spiro atoms. The topological polar surface area (TPSA) is 87.1 Å². The predicted molar refractivity (Wildman–Crippen MR) is 171 cm³/mol. The Kier molecular flexibility index (Phi) is 9.06. The minimum absolute atomic E-state index is 0.0382. The lowest BCUT2D eigenvalue weighted by Crippen LogP contribution is -2.49. The van der Waals surface area contributed by atoms with Gasteiger partial charge in [0.25, 0.3) is 5.56 Å². The standard InChI is InChI=1S/C34H32F2N6O2S/c1-23(27-18-37-38-19-27)31-20-42(34(39-33(31)44)45-22-24-2-8-28(35)9-3-24)21-32(43)41-16-14-40(15-17-41)30-12-6-26(7-13-30)25-4-10-29(36)11-5-25/h2-13,18-20,23H,14-17,21-22H2,1H3,(H,37,38). The molecule has 1 fully saturated rings. The molecule has 6 rings (SSSR count). The first-order valence-corrected chi connectivity index (χ1v) is 15.7. The zero-order valence-corrected chi connectivity index (χ0v) is 25.5. The van der Waals surface area contributed by atoms with Crippen molar-refractivity contribution in [2.24, 2.45) is 0 Å². The monoisotopic (exact) mass is 626 g/mol. The van der Waals surface area contributed by atoms with Crippen LogP contribution in [0.5, 0.6) is 0 Å². The smallest absolute Gasteiger partial charge is 0.277 e. The molecule has 45 heavy (non-hydrogen) atoms. The van der Waals surface area contributed by atoms with Gasteiger partial charge in [-0.3, -0.25) is 14.7 Å². The Morgan fingerprint density at radius 2 is 1.53 bits per heavy atom. The molecule has 1 saturated heterocycles. The molecule has 5 aromatic rings. The van der Waals surface area contributed by atoms with Gasteiger partial charge in [-0.25, -0.2) is 8.78 Å². The van der Waals surface area contributed by atoms with Crippen molar-refractivity contribution in [3.05, 3.63) is 130 Å². The lowest BCUT2D eigenvalue weighted by Gasteiger charge is -2.36. The Morgan fingerprint density at radius 1 is 0.911 bits per heavy atom. The maximum Gasteiger partial charge on any atom is 0.277 e. The highest BCUT2D eigenvalue weighted by Gasteiger charge is 2.24. The molecule has 230 valence electrons. The molecular formula is C34H32F2N6O2S. The average molecular weight is 627 g/mol. The second kappa shape index (κ2) is 13.5. The van der Waals surface area contributed by atoms with Crippen LogP contribution in [-0.4, -0.2) is 56.7 Å².